The summed E-state index contributed by atoms with van der Waals surface area (Å²) in [6.07, 6.45) is 0.622. The fourth-order valence-electron chi connectivity index (χ4n) is 2.13. The molecule has 1 aromatic heterocycles. The van der Waals surface area contributed by atoms with Gasteiger partial charge in [0.05, 0.1) is 11.4 Å². The molecule has 0 saturated carbocycles. The quantitative estimate of drug-likeness (QED) is 0.946. The molecule has 0 bridgehead atoms. The Morgan fingerprint density at radius 3 is 2.61 bits per heavy atom. The third kappa shape index (κ3) is 2.35. The normalized spacial score (nSPS) is 10.9. The molecule has 1 heterocycles. The number of aromatic nitrogens is 2. The molecule has 0 saturated heterocycles. The summed E-state index contributed by atoms with van der Waals surface area (Å²) >= 11 is 3.58. The maximum absolute atomic E-state index is 9.08. The second-order valence-corrected chi connectivity index (χ2v) is 5.28. The van der Waals surface area contributed by atoms with Crippen molar-refractivity contribution in [2.45, 2.75) is 27.2 Å². The molecule has 0 aliphatic carbocycles. The number of rotatable bonds is 3. The Labute approximate surface area is 116 Å². The molecule has 1 aromatic carbocycles. The van der Waals surface area contributed by atoms with Gasteiger partial charge in [0.2, 0.25) is 0 Å². The van der Waals surface area contributed by atoms with Gasteiger partial charge in [-0.1, -0.05) is 17.7 Å². The fraction of sp³-hybridized carbons (Fsp3) is 0.357. The maximum atomic E-state index is 9.08. The van der Waals surface area contributed by atoms with E-state index in [-0.39, 0.29) is 6.61 Å². The zero-order valence-electron chi connectivity index (χ0n) is 10.9. The number of benzene rings is 1. The van der Waals surface area contributed by atoms with Crippen molar-refractivity contribution in [1.29, 1.82) is 0 Å². The Kier molecular flexibility index (Phi) is 3.88. The lowest BCUT2D eigenvalue weighted by atomic mass is 10.1. The van der Waals surface area contributed by atoms with Crippen LogP contribution in [0, 0.1) is 20.8 Å². The van der Waals surface area contributed by atoms with Gasteiger partial charge in [0, 0.05) is 18.6 Å². The summed E-state index contributed by atoms with van der Waals surface area (Å²) in [6, 6.07) is 6.30. The Morgan fingerprint density at radius 2 is 2.00 bits per heavy atom. The van der Waals surface area contributed by atoms with Gasteiger partial charge >= 0.3 is 0 Å². The predicted molar refractivity (Wildman–Crippen MR) is 76.3 cm³/mol. The molecule has 0 fully saturated rings. The number of aryl methyl sites for hydroxylation is 3. The Morgan fingerprint density at radius 1 is 1.28 bits per heavy atom. The molecular formula is C14H17BrN2O. The van der Waals surface area contributed by atoms with Crippen LogP contribution in [0.4, 0.5) is 0 Å². The van der Waals surface area contributed by atoms with E-state index in [1.807, 2.05) is 11.6 Å². The van der Waals surface area contributed by atoms with Crippen molar-refractivity contribution in [2.75, 3.05) is 6.61 Å². The average Bonchev–Trinajstić information content (AvgIpc) is 2.58. The van der Waals surface area contributed by atoms with Crippen LogP contribution in [0.25, 0.3) is 5.69 Å². The van der Waals surface area contributed by atoms with Gasteiger partial charge in [0.25, 0.3) is 0 Å². The molecule has 0 aliphatic rings. The molecule has 0 spiro atoms. The Balaban J connectivity index is 2.54. The van der Waals surface area contributed by atoms with Gasteiger partial charge in [0.15, 0.2) is 0 Å². The standard InChI is InChI=1S/C14H17BrN2O/c1-9-4-5-13(10(2)8-9)17-14(15)12(6-7-18)11(3)16-17/h4-5,8,18H,6-7H2,1-3H3. The summed E-state index contributed by atoms with van der Waals surface area (Å²) in [6.45, 7) is 6.27. The van der Waals surface area contributed by atoms with Crippen LogP contribution in [0.2, 0.25) is 0 Å². The first kappa shape index (κ1) is 13.3. The Hall–Kier alpha value is -1.13. The highest BCUT2D eigenvalue weighted by Gasteiger charge is 2.14. The summed E-state index contributed by atoms with van der Waals surface area (Å²) in [5.41, 5.74) is 5.52. The molecule has 4 heteroatoms. The van der Waals surface area contributed by atoms with E-state index >= 15 is 0 Å². The van der Waals surface area contributed by atoms with Crippen molar-refractivity contribution in [3.63, 3.8) is 0 Å². The van der Waals surface area contributed by atoms with Crippen LogP contribution in [-0.2, 0) is 6.42 Å². The average molecular weight is 309 g/mol. The lowest BCUT2D eigenvalue weighted by molar-refractivity contribution is 0.299. The van der Waals surface area contributed by atoms with Crippen molar-refractivity contribution in [3.05, 3.63) is 45.2 Å². The summed E-state index contributed by atoms with van der Waals surface area (Å²) in [5.74, 6) is 0. The molecule has 0 radical (unpaired) electrons. The van der Waals surface area contributed by atoms with Crippen molar-refractivity contribution < 1.29 is 5.11 Å². The van der Waals surface area contributed by atoms with E-state index in [1.165, 1.54) is 11.1 Å². The fourth-order valence-corrected chi connectivity index (χ4v) is 2.89. The summed E-state index contributed by atoms with van der Waals surface area (Å²) in [7, 11) is 0. The third-order valence-corrected chi connectivity index (χ3v) is 3.88. The lowest BCUT2D eigenvalue weighted by Gasteiger charge is -2.08. The van der Waals surface area contributed by atoms with Crippen molar-refractivity contribution in [3.8, 4) is 5.69 Å². The minimum atomic E-state index is 0.137. The maximum Gasteiger partial charge on any atom is 0.113 e. The molecule has 18 heavy (non-hydrogen) atoms. The number of aliphatic hydroxyl groups is 1. The monoisotopic (exact) mass is 308 g/mol. The number of nitrogens with zero attached hydrogens (tertiary/aromatic N) is 2. The van der Waals surface area contributed by atoms with Crippen LogP contribution in [0.5, 0.6) is 0 Å². The van der Waals surface area contributed by atoms with Crippen LogP contribution in [-0.4, -0.2) is 21.5 Å². The number of hydrogen-bond acceptors (Lipinski definition) is 2. The van der Waals surface area contributed by atoms with Gasteiger partial charge in [-0.25, -0.2) is 4.68 Å². The SMILES string of the molecule is Cc1ccc(-n2nc(C)c(CCO)c2Br)c(C)c1. The van der Waals surface area contributed by atoms with Crippen LogP contribution >= 0.6 is 15.9 Å². The van der Waals surface area contributed by atoms with Gasteiger partial charge in [-0.15, -0.1) is 0 Å². The minimum absolute atomic E-state index is 0.137. The van der Waals surface area contributed by atoms with Crippen LogP contribution < -0.4 is 0 Å². The van der Waals surface area contributed by atoms with Crippen LogP contribution in [0.1, 0.15) is 22.4 Å². The van der Waals surface area contributed by atoms with E-state index in [4.69, 9.17) is 5.11 Å². The highest BCUT2D eigenvalue weighted by atomic mass is 79.9. The zero-order valence-corrected chi connectivity index (χ0v) is 12.5. The highest BCUT2D eigenvalue weighted by Crippen LogP contribution is 2.26. The van der Waals surface area contributed by atoms with Gasteiger partial charge in [-0.05, 0) is 48.3 Å². The van der Waals surface area contributed by atoms with E-state index in [0.717, 1.165) is 21.5 Å². The van der Waals surface area contributed by atoms with Crippen LogP contribution in [0.3, 0.4) is 0 Å². The molecule has 0 atom stereocenters. The number of halogens is 1. The van der Waals surface area contributed by atoms with Gasteiger partial charge < -0.3 is 5.11 Å². The third-order valence-electron chi connectivity index (χ3n) is 3.06. The molecule has 1 N–H and O–H groups in total. The smallest absolute Gasteiger partial charge is 0.113 e. The number of aliphatic hydroxyl groups excluding tert-OH is 1. The first-order valence-electron chi connectivity index (χ1n) is 5.97. The van der Waals surface area contributed by atoms with E-state index in [2.05, 4.69) is 53.1 Å². The highest BCUT2D eigenvalue weighted by molar-refractivity contribution is 9.10. The van der Waals surface area contributed by atoms with E-state index < -0.39 is 0 Å². The van der Waals surface area contributed by atoms with E-state index in [0.29, 0.717) is 6.42 Å². The molecule has 2 rings (SSSR count). The molecule has 0 amide bonds. The van der Waals surface area contributed by atoms with E-state index in [1.54, 1.807) is 0 Å². The molecule has 0 unspecified atom stereocenters. The second-order valence-electron chi connectivity index (χ2n) is 4.53. The number of hydrogen-bond donors (Lipinski definition) is 1. The van der Waals surface area contributed by atoms with Crippen molar-refractivity contribution in [2.24, 2.45) is 0 Å². The van der Waals surface area contributed by atoms with E-state index in [9.17, 15) is 0 Å². The first-order chi connectivity index (χ1) is 8.54. The van der Waals surface area contributed by atoms with Crippen LogP contribution in [0.15, 0.2) is 22.8 Å². The molecule has 96 valence electrons. The van der Waals surface area contributed by atoms with Gasteiger partial charge in [0.1, 0.15) is 4.60 Å². The predicted octanol–water partition coefficient (Wildman–Crippen LogP) is 3.09. The topological polar surface area (TPSA) is 38.0 Å². The summed E-state index contributed by atoms with van der Waals surface area (Å²) in [5, 5.41) is 13.6. The zero-order chi connectivity index (χ0) is 13.3. The lowest BCUT2D eigenvalue weighted by Crippen LogP contribution is -2.00. The molecule has 3 nitrogen and oxygen atoms in total. The Bertz CT molecular complexity index is 575. The first-order valence-corrected chi connectivity index (χ1v) is 6.76. The minimum Gasteiger partial charge on any atom is -0.396 e. The molecule has 0 aliphatic heterocycles. The second kappa shape index (κ2) is 5.24. The molecule has 2 aromatic rings. The molecular weight excluding hydrogens is 292 g/mol. The van der Waals surface area contributed by atoms with Crippen molar-refractivity contribution in [1.82, 2.24) is 9.78 Å². The summed E-state index contributed by atoms with van der Waals surface area (Å²) in [4.78, 5) is 0. The summed E-state index contributed by atoms with van der Waals surface area (Å²) < 4.78 is 2.83. The van der Waals surface area contributed by atoms with Crippen molar-refractivity contribution >= 4 is 15.9 Å². The van der Waals surface area contributed by atoms with Gasteiger partial charge in [-0.3, -0.25) is 0 Å². The largest absolute Gasteiger partial charge is 0.396 e. The van der Waals surface area contributed by atoms with Gasteiger partial charge in [-0.2, -0.15) is 5.10 Å².